The lowest BCUT2D eigenvalue weighted by atomic mass is 9.85. The molecule has 3 fully saturated rings. The van der Waals surface area contributed by atoms with Crippen LogP contribution in [-0.2, 0) is 0 Å². The van der Waals surface area contributed by atoms with Crippen molar-refractivity contribution in [1.29, 1.82) is 0 Å². The van der Waals surface area contributed by atoms with E-state index in [2.05, 4.69) is 0 Å². The van der Waals surface area contributed by atoms with E-state index in [1.807, 2.05) is 0 Å². The zero-order chi connectivity index (χ0) is 6.32. The van der Waals surface area contributed by atoms with Crippen molar-refractivity contribution in [2.45, 2.75) is 24.9 Å². The zero-order valence-corrected chi connectivity index (χ0v) is 6.75. The van der Waals surface area contributed by atoms with Crippen molar-refractivity contribution in [3.8, 4) is 0 Å². The first-order valence-corrected chi connectivity index (χ1v) is 3.81. The lowest BCUT2D eigenvalue weighted by molar-refractivity contribution is -0.918. The van der Waals surface area contributed by atoms with Gasteiger partial charge in [-0.2, -0.15) is 0 Å². The maximum atomic E-state index is 13.3. The Morgan fingerprint density at radius 2 is 1.40 bits per heavy atom. The highest BCUT2D eigenvalue weighted by Crippen LogP contribution is 2.27. The quantitative estimate of drug-likeness (QED) is 0.386. The van der Waals surface area contributed by atoms with Gasteiger partial charge in [0.05, 0.1) is 19.6 Å². The van der Waals surface area contributed by atoms with Crippen molar-refractivity contribution in [2.75, 3.05) is 19.6 Å². The topological polar surface area (TPSA) is 4.44 Å². The molecule has 0 aromatic carbocycles. The van der Waals surface area contributed by atoms with E-state index in [9.17, 15) is 4.39 Å². The minimum Gasteiger partial charge on any atom is -1.00 e. The SMILES string of the molecule is FC12CC[NH+](CC1)CC2.[Cl-]. The number of rotatable bonds is 0. The highest BCUT2D eigenvalue weighted by molar-refractivity contribution is 4.83. The van der Waals surface area contributed by atoms with E-state index in [1.165, 1.54) is 0 Å². The smallest absolute Gasteiger partial charge is 0.127 e. The molecule has 3 saturated heterocycles. The fourth-order valence-corrected chi connectivity index (χ4v) is 1.95. The molecule has 10 heavy (non-hydrogen) atoms. The van der Waals surface area contributed by atoms with Gasteiger partial charge in [0.1, 0.15) is 5.67 Å². The molecule has 60 valence electrons. The molecule has 0 amide bonds. The van der Waals surface area contributed by atoms with Crippen molar-refractivity contribution in [1.82, 2.24) is 0 Å². The third-order valence-corrected chi connectivity index (χ3v) is 2.78. The van der Waals surface area contributed by atoms with Crippen molar-refractivity contribution in [3.05, 3.63) is 0 Å². The van der Waals surface area contributed by atoms with Gasteiger partial charge in [0, 0.05) is 19.3 Å². The Morgan fingerprint density at radius 3 is 1.60 bits per heavy atom. The number of piperidine rings is 3. The minimum atomic E-state index is -0.734. The predicted octanol–water partition coefficient (Wildman–Crippen LogP) is -3.22. The van der Waals surface area contributed by atoms with Crippen LogP contribution < -0.4 is 17.3 Å². The molecule has 0 aliphatic carbocycles. The number of halogens is 2. The Hall–Kier alpha value is 0.180. The predicted molar refractivity (Wildman–Crippen MR) is 33.3 cm³/mol. The molecule has 3 aliphatic rings. The van der Waals surface area contributed by atoms with Gasteiger partial charge in [-0.15, -0.1) is 0 Å². The lowest BCUT2D eigenvalue weighted by Gasteiger charge is -2.40. The van der Waals surface area contributed by atoms with E-state index in [-0.39, 0.29) is 12.4 Å². The largest absolute Gasteiger partial charge is 1.00 e. The molecule has 1 nitrogen and oxygen atoms in total. The Kier molecular flexibility index (Phi) is 2.21. The number of alkyl halides is 1. The molecule has 0 aromatic rings. The van der Waals surface area contributed by atoms with E-state index in [4.69, 9.17) is 0 Å². The molecule has 3 aliphatic heterocycles. The Labute approximate surface area is 67.0 Å². The molecular formula is C7H13ClFN. The van der Waals surface area contributed by atoms with Crippen LogP contribution in [0.1, 0.15) is 19.3 Å². The number of quaternary nitrogens is 1. The van der Waals surface area contributed by atoms with Crippen LogP contribution in [0.2, 0.25) is 0 Å². The summed E-state index contributed by atoms with van der Waals surface area (Å²) in [7, 11) is 0. The number of nitrogens with one attached hydrogen (secondary N) is 1. The summed E-state index contributed by atoms with van der Waals surface area (Å²) in [5.41, 5.74) is -0.734. The second kappa shape index (κ2) is 2.67. The van der Waals surface area contributed by atoms with E-state index in [1.54, 1.807) is 4.90 Å². The van der Waals surface area contributed by atoms with Crippen LogP contribution in [0.3, 0.4) is 0 Å². The Balaban J connectivity index is 0.000000500. The Morgan fingerprint density at radius 1 is 1.00 bits per heavy atom. The summed E-state index contributed by atoms with van der Waals surface area (Å²) in [4.78, 5) is 1.62. The first kappa shape index (κ1) is 8.28. The zero-order valence-electron chi connectivity index (χ0n) is 6.00. The molecule has 0 unspecified atom stereocenters. The molecule has 0 spiro atoms. The standard InChI is InChI=1S/C7H12FN.ClH/c8-7-1-4-9(5-2-7)6-3-7;/h1-6H2;1H. The highest BCUT2D eigenvalue weighted by Gasteiger charge is 2.42. The molecular weight excluding hydrogens is 153 g/mol. The second-order valence-corrected chi connectivity index (χ2v) is 3.40. The van der Waals surface area contributed by atoms with E-state index in [0.29, 0.717) is 0 Å². The highest BCUT2D eigenvalue weighted by atomic mass is 35.5. The third-order valence-electron chi connectivity index (χ3n) is 2.78. The number of hydrogen-bond acceptors (Lipinski definition) is 0. The van der Waals surface area contributed by atoms with Crippen LogP contribution in [-0.4, -0.2) is 25.3 Å². The molecule has 0 radical (unpaired) electrons. The molecule has 3 heterocycles. The summed E-state index contributed by atoms with van der Waals surface area (Å²) in [6.45, 7) is 3.24. The van der Waals surface area contributed by atoms with Crippen LogP contribution in [0.4, 0.5) is 4.39 Å². The number of fused-ring (bicyclic) bond motifs is 3. The summed E-state index contributed by atoms with van der Waals surface area (Å²) in [5.74, 6) is 0. The fraction of sp³-hybridized carbons (Fsp3) is 1.00. The van der Waals surface area contributed by atoms with Crippen LogP contribution >= 0.6 is 0 Å². The summed E-state index contributed by atoms with van der Waals surface area (Å²) in [5, 5.41) is 0. The molecule has 0 atom stereocenters. The van der Waals surface area contributed by atoms with Gasteiger partial charge in [0.2, 0.25) is 0 Å². The van der Waals surface area contributed by atoms with Gasteiger partial charge in [-0.25, -0.2) is 4.39 Å². The van der Waals surface area contributed by atoms with Gasteiger partial charge in [0.25, 0.3) is 0 Å². The molecule has 3 rings (SSSR count). The first-order valence-electron chi connectivity index (χ1n) is 3.81. The Bertz CT molecular complexity index is 107. The van der Waals surface area contributed by atoms with E-state index < -0.39 is 5.67 Å². The summed E-state index contributed by atoms with van der Waals surface area (Å²) < 4.78 is 13.3. The van der Waals surface area contributed by atoms with Crippen molar-refractivity contribution in [3.63, 3.8) is 0 Å². The monoisotopic (exact) mass is 165 g/mol. The molecule has 2 bridgehead atoms. The van der Waals surface area contributed by atoms with Crippen molar-refractivity contribution >= 4 is 0 Å². The second-order valence-electron chi connectivity index (χ2n) is 3.40. The van der Waals surface area contributed by atoms with Crippen LogP contribution in [0.25, 0.3) is 0 Å². The fourth-order valence-electron chi connectivity index (χ4n) is 1.95. The van der Waals surface area contributed by atoms with E-state index >= 15 is 0 Å². The normalized spacial score (nSPS) is 44.7. The summed E-state index contributed by atoms with van der Waals surface area (Å²) in [6, 6.07) is 0. The minimum absolute atomic E-state index is 0. The molecule has 0 saturated carbocycles. The van der Waals surface area contributed by atoms with Gasteiger partial charge in [-0.1, -0.05) is 0 Å². The number of hydrogen-bond donors (Lipinski definition) is 1. The van der Waals surface area contributed by atoms with Gasteiger partial charge < -0.3 is 17.3 Å². The summed E-state index contributed by atoms with van der Waals surface area (Å²) in [6.07, 6.45) is 2.47. The first-order chi connectivity index (χ1) is 4.29. The maximum absolute atomic E-state index is 13.3. The van der Waals surface area contributed by atoms with Gasteiger partial charge in [-0.05, 0) is 0 Å². The van der Waals surface area contributed by atoms with Gasteiger partial charge >= 0.3 is 0 Å². The van der Waals surface area contributed by atoms with Gasteiger partial charge in [0.15, 0.2) is 0 Å². The van der Waals surface area contributed by atoms with Crippen molar-refractivity contribution < 1.29 is 21.7 Å². The maximum Gasteiger partial charge on any atom is 0.127 e. The van der Waals surface area contributed by atoms with Crippen LogP contribution in [0.15, 0.2) is 0 Å². The van der Waals surface area contributed by atoms with Crippen LogP contribution in [0.5, 0.6) is 0 Å². The molecule has 0 aromatic heterocycles. The van der Waals surface area contributed by atoms with Crippen molar-refractivity contribution in [2.24, 2.45) is 0 Å². The molecule has 3 heteroatoms. The average molecular weight is 166 g/mol. The van der Waals surface area contributed by atoms with Crippen LogP contribution in [0, 0.1) is 0 Å². The third kappa shape index (κ3) is 1.28. The van der Waals surface area contributed by atoms with Gasteiger partial charge in [-0.3, -0.25) is 0 Å². The van der Waals surface area contributed by atoms with E-state index in [0.717, 1.165) is 38.9 Å². The average Bonchev–Trinajstić information content (AvgIpc) is 1.90. The summed E-state index contributed by atoms with van der Waals surface area (Å²) >= 11 is 0. The lowest BCUT2D eigenvalue weighted by Crippen LogP contribution is -3.15. The molecule has 1 N–H and O–H groups in total.